The first-order valence-corrected chi connectivity index (χ1v) is 11.1. The van der Waals surface area contributed by atoms with Crippen molar-refractivity contribution in [3.8, 4) is 0 Å². The highest BCUT2D eigenvalue weighted by molar-refractivity contribution is 7.92. The predicted octanol–water partition coefficient (Wildman–Crippen LogP) is 3.49. The van der Waals surface area contributed by atoms with Gasteiger partial charge in [0.1, 0.15) is 5.82 Å². The Hall–Kier alpha value is -2.69. The lowest BCUT2D eigenvalue weighted by Gasteiger charge is -2.08. The van der Waals surface area contributed by atoms with Crippen LogP contribution in [0.3, 0.4) is 0 Å². The van der Waals surface area contributed by atoms with Crippen LogP contribution in [0, 0.1) is 0 Å². The fourth-order valence-electron chi connectivity index (χ4n) is 2.25. The quantitative estimate of drug-likeness (QED) is 0.521. The van der Waals surface area contributed by atoms with E-state index in [1.54, 1.807) is 41.8 Å². The van der Waals surface area contributed by atoms with Crippen molar-refractivity contribution in [2.24, 2.45) is 0 Å². The number of hydrogen-bond acceptors (Lipinski definition) is 7. The first-order valence-electron chi connectivity index (χ1n) is 7.97. The molecule has 0 aliphatic carbocycles. The second kappa shape index (κ2) is 8.55. The molecule has 146 valence electrons. The van der Waals surface area contributed by atoms with Crippen LogP contribution >= 0.6 is 22.9 Å². The highest BCUT2D eigenvalue weighted by atomic mass is 35.5. The topological polar surface area (TPSA) is 113 Å². The zero-order chi connectivity index (χ0) is 20.1. The molecule has 0 aliphatic rings. The Labute approximate surface area is 171 Å². The van der Waals surface area contributed by atoms with Gasteiger partial charge in [0.25, 0.3) is 0 Å². The van der Waals surface area contributed by atoms with Crippen LogP contribution in [0.15, 0.2) is 48.0 Å². The van der Waals surface area contributed by atoms with Crippen LogP contribution in [0.2, 0.25) is 5.02 Å². The fraction of sp³-hybridized carbons (Fsp3) is 0.118. The van der Waals surface area contributed by atoms with Crippen molar-refractivity contribution in [1.29, 1.82) is 0 Å². The molecule has 3 rings (SSSR count). The summed E-state index contributed by atoms with van der Waals surface area (Å²) in [7, 11) is -3.39. The molecule has 11 heteroatoms. The van der Waals surface area contributed by atoms with Crippen molar-refractivity contribution in [2.45, 2.75) is 6.42 Å². The number of pyridine rings is 1. The SMILES string of the molecule is CS(=O)(=O)Nc1cccc(NC(=O)Cc2csc(Nc3ccc(Cl)cn3)n2)c1. The summed E-state index contributed by atoms with van der Waals surface area (Å²) in [4.78, 5) is 20.7. The number of anilines is 4. The van der Waals surface area contributed by atoms with E-state index in [0.29, 0.717) is 33.0 Å². The standard InChI is InChI=1S/C17H16ClN5O3S2/c1-28(25,26)23-13-4-2-3-12(7-13)20-16(24)8-14-10-27-17(21-14)22-15-6-5-11(18)9-19-15/h2-7,9-10,23H,8H2,1H3,(H,20,24)(H,19,21,22). The molecular formula is C17H16ClN5O3S2. The van der Waals surface area contributed by atoms with Gasteiger partial charge in [-0.1, -0.05) is 17.7 Å². The predicted molar refractivity (Wildman–Crippen MR) is 112 cm³/mol. The lowest BCUT2D eigenvalue weighted by molar-refractivity contribution is -0.115. The molecule has 0 radical (unpaired) electrons. The lowest BCUT2D eigenvalue weighted by Crippen LogP contribution is -2.15. The Morgan fingerprint density at radius 2 is 2.00 bits per heavy atom. The molecule has 0 aliphatic heterocycles. The van der Waals surface area contributed by atoms with E-state index < -0.39 is 10.0 Å². The summed E-state index contributed by atoms with van der Waals surface area (Å²) in [5, 5.41) is 8.69. The van der Waals surface area contributed by atoms with Gasteiger partial charge in [-0.15, -0.1) is 11.3 Å². The van der Waals surface area contributed by atoms with Crippen LogP contribution in [0.4, 0.5) is 22.3 Å². The summed E-state index contributed by atoms with van der Waals surface area (Å²) in [6.07, 6.45) is 2.67. The third kappa shape index (κ3) is 6.19. The highest BCUT2D eigenvalue weighted by Crippen LogP contribution is 2.21. The number of benzene rings is 1. The van der Waals surface area contributed by atoms with E-state index in [1.807, 2.05) is 0 Å². The number of nitrogens with zero attached hydrogens (tertiary/aromatic N) is 2. The van der Waals surface area contributed by atoms with Gasteiger partial charge >= 0.3 is 0 Å². The third-order valence-corrected chi connectivity index (χ3v) is 4.94. The van der Waals surface area contributed by atoms with Gasteiger partial charge in [-0.3, -0.25) is 9.52 Å². The number of aromatic nitrogens is 2. The molecule has 0 spiro atoms. The van der Waals surface area contributed by atoms with E-state index in [1.165, 1.54) is 17.5 Å². The molecule has 28 heavy (non-hydrogen) atoms. The van der Waals surface area contributed by atoms with Gasteiger partial charge in [0.05, 0.1) is 29.1 Å². The number of amides is 1. The van der Waals surface area contributed by atoms with Crippen LogP contribution in [0.5, 0.6) is 0 Å². The number of sulfonamides is 1. The van der Waals surface area contributed by atoms with Gasteiger partial charge < -0.3 is 10.6 Å². The molecule has 1 amide bonds. The van der Waals surface area contributed by atoms with Gasteiger partial charge in [-0.2, -0.15) is 0 Å². The van der Waals surface area contributed by atoms with E-state index >= 15 is 0 Å². The molecule has 0 saturated heterocycles. The number of carbonyl (C=O) groups is 1. The number of thiazole rings is 1. The molecule has 0 fully saturated rings. The summed E-state index contributed by atoms with van der Waals surface area (Å²) in [6, 6.07) is 9.90. The summed E-state index contributed by atoms with van der Waals surface area (Å²) in [6.45, 7) is 0. The Kier molecular flexibility index (Phi) is 6.12. The maximum absolute atomic E-state index is 12.3. The molecule has 0 bridgehead atoms. The Morgan fingerprint density at radius 1 is 1.21 bits per heavy atom. The zero-order valence-electron chi connectivity index (χ0n) is 14.6. The van der Waals surface area contributed by atoms with Gasteiger partial charge in [0.15, 0.2) is 5.13 Å². The second-order valence-electron chi connectivity index (χ2n) is 5.81. The van der Waals surface area contributed by atoms with Gasteiger partial charge in [0.2, 0.25) is 15.9 Å². The van der Waals surface area contributed by atoms with Crippen LogP contribution < -0.4 is 15.4 Å². The second-order valence-corrected chi connectivity index (χ2v) is 8.85. The number of carbonyl (C=O) groups excluding carboxylic acids is 1. The average molecular weight is 438 g/mol. The van der Waals surface area contributed by atoms with Crippen molar-refractivity contribution in [1.82, 2.24) is 9.97 Å². The van der Waals surface area contributed by atoms with Crippen molar-refractivity contribution < 1.29 is 13.2 Å². The molecule has 1 aromatic carbocycles. The Bertz CT molecular complexity index is 1080. The molecule has 0 unspecified atom stereocenters. The summed E-state index contributed by atoms with van der Waals surface area (Å²) in [5.74, 6) is 0.336. The average Bonchev–Trinajstić information content (AvgIpc) is 3.02. The molecule has 2 aromatic heterocycles. The first-order chi connectivity index (χ1) is 13.3. The molecule has 2 heterocycles. The van der Waals surface area contributed by atoms with Crippen molar-refractivity contribution in [3.05, 3.63) is 58.7 Å². The minimum absolute atomic E-state index is 0.0793. The van der Waals surface area contributed by atoms with Crippen LogP contribution in [-0.4, -0.2) is 30.5 Å². The van der Waals surface area contributed by atoms with Gasteiger partial charge in [-0.05, 0) is 30.3 Å². The van der Waals surface area contributed by atoms with Gasteiger partial charge in [-0.25, -0.2) is 18.4 Å². The smallest absolute Gasteiger partial charge is 0.230 e. The summed E-state index contributed by atoms with van der Waals surface area (Å²) >= 11 is 7.16. The van der Waals surface area contributed by atoms with E-state index in [4.69, 9.17) is 11.6 Å². The third-order valence-electron chi connectivity index (χ3n) is 3.31. The summed E-state index contributed by atoms with van der Waals surface area (Å²) < 4.78 is 25.0. The minimum Gasteiger partial charge on any atom is -0.326 e. The van der Waals surface area contributed by atoms with E-state index in [-0.39, 0.29) is 12.3 Å². The van der Waals surface area contributed by atoms with E-state index in [2.05, 4.69) is 25.3 Å². The number of rotatable bonds is 7. The Balaban J connectivity index is 1.59. The monoisotopic (exact) mass is 437 g/mol. The first kappa shape index (κ1) is 20.1. The van der Waals surface area contributed by atoms with E-state index in [0.717, 1.165) is 6.26 Å². The Morgan fingerprint density at radius 3 is 2.71 bits per heavy atom. The van der Waals surface area contributed by atoms with Gasteiger partial charge in [0, 0.05) is 17.3 Å². The largest absolute Gasteiger partial charge is 0.326 e. The maximum atomic E-state index is 12.3. The molecule has 3 aromatic rings. The van der Waals surface area contributed by atoms with E-state index in [9.17, 15) is 13.2 Å². The number of halogens is 1. The summed E-state index contributed by atoms with van der Waals surface area (Å²) in [5.41, 5.74) is 1.46. The minimum atomic E-state index is -3.39. The van der Waals surface area contributed by atoms with Crippen LogP contribution in [0.25, 0.3) is 0 Å². The molecule has 0 atom stereocenters. The number of hydrogen-bond donors (Lipinski definition) is 3. The van der Waals surface area contributed by atoms with Crippen LogP contribution in [-0.2, 0) is 21.2 Å². The van der Waals surface area contributed by atoms with Crippen molar-refractivity contribution in [3.63, 3.8) is 0 Å². The van der Waals surface area contributed by atoms with Crippen LogP contribution in [0.1, 0.15) is 5.69 Å². The maximum Gasteiger partial charge on any atom is 0.230 e. The normalized spacial score (nSPS) is 11.1. The molecular weight excluding hydrogens is 422 g/mol. The lowest BCUT2D eigenvalue weighted by atomic mass is 10.2. The van der Waals surface area contributed by atoms with Crippen molar-refractivity contribution in [2.75, 3.05) is 21.6 Å². The fourth-order valence-corrected chi connectivity index (χ4v) is 3.63. The molecule has 3 N–H and O–H groups in total. The molecule has 0 saturated carbocycles. The highest BCUT2D eigenvalue weighted by Gasteiger charge is 2.10. The van der Waals surface area contributed by atoms with Crippen molar-refractivity contribution >= 4 is 61.2 Å². The zero-order valence-corrected chi connectivity index (χ0v) is 17.0. The number of nitrogens with one attached hydrogen (secondary N) is 3. The molecule has 8 nitrogen and oxygen atoms in total.